The number of carbonyl (C=O) groups is 1. The molecule has 0 aliphatic rings. The molecule has 86 valence electrons. The van der Waals surface area contributed by atoms with Crippen LogP contribution in [0.1, 0.15) is 10.4 Å². The van der Waals surface area contributed by atoms with Crippen molar-refractivity contribution >= 4 is 21.8 Å². The van der Waals surface area contributed by atoms with E-state index in [4.69, 9.17) is 4.74 Å². The van der Waals surface area contributed by atoms with Crippen molar-refractivity contribution < 1.29 is 14.6 Å². The van der Waals surface area contributed by atoms with E-state index in [0.29, 0.717) is 16.8 Å². The fourth-order valence-corrected chi connectivity index (χ4v) is 1.24. The van der Waals surface area contributed by atoms with Crippen molar-refractivity contribution in [2.24, 2.45) is 0 Å². The van der Waals surface area contributed by atoms with Crippen LogP contribution in [0.15, 0.2) is 29.3 Å². The molecule has 0 saturated heterocycles. The zero-order valence-corrected chi connectivity index (χ0v) is 10.4. The molecular weight excluding hydrogens is 274 g/mol. The van der Waals surface area contributed by atoms with Crippen LogP contribution in [-0.4, -0.2) is 24.7 Å². The fourth-order valence-electron chi connectivity index (χ4n) is 1.10. The first-order valence-electron chi connectivity index (χ1n) is 4.53. The van der Waals surface area contributed by atoms with Gasteiger partial charge in [0.2, 0.25) is 0 Å². The fraction of sp³-hybridized carbons (Fsp3) is 0.182. The molecule has 0 aromatic heterocycles. The number of rotatable bonds is 4. The number of phenols is 1. The second-order valence-corrected chi connectivity index (χ2v) is 4.20. The normalized spacial score (nSPS) is 9.62. The van der Waals surface area contributed by atoms with Crippen molar-refractivity contribution in [2.75, 3.05) is 13.7 Å². The van der Waals surface area contributed by atoms with E-state index >= 15 is 0 Å². The number of carbonyl (C=O) groups excluding carboxylic acids is 1. The van der Waals surface area contributed by atoms with Crippen LogP contribution in [0, 0.1) is 0 Å². The minimum absolute atomic E-state index is 0.114. The lowest BCUT2D eigenvalue weighted by atomic mass is 10.2. The van der Waals surface area contributed by atoms with Gasteiger partial charge in [0.1, 0.15) is 11.5 Å². The highest BCUT2D eigenvalue weighted by molar-refractivity contribution is 9.11. The summed E-state index contributed by atoms with van der Waals surface area (Å²) < 4.78 is 5.58. The van der Waals surface area contributed by atoms with Crippen LogP contribution in [0.4, 0.5) is 0 Å². The summed E-state index contributed by atoms with van der Waals surface area (Å²) in [6.07, 6.45) is 0. The summed E-state index contributed by atoms with van der Waals surface area (Å²) in [5.41, 5.74) is 0.203. The maximum atomic E-state index is 11.6. The lowest BCUT2D eigenvalue weighted by Gasteiger charge is -2.07. The minimum Gasteiger partial charge on any atom is -0.507 e. The molecule has 0 fully saturated rings. The van der Waals surface area contributed by atoms with Crippen LogP contribution < -0.4 is 10.1 Å². The molecule has 0 aliphatic carbocycles. The quantitative estimate of drug-likeness (QED) is 0.890. The average Bonchev–Trinajstić information content (AvgIpc) is 2.25. The van der Waals surface area contributed by atoms with E-state index in [-0.39, 0.29) is 17.2 Å². The number of halogens is 1. The largest absolute Gasteiger partial charge is 0.507 e. The number of benzene rings is 1. The summed E-state index contributed by atoms with van der Waals surface area (Å²) in [6.45, 7) is 3.90. The topological polar surface area (TPSA) is 58.6 Å². The van der Waals surface area contributed by atoms with Crippen LogP contribution in [0.2, 0.25) is 0 Å². The molecule has 1 rings (SSSR count). The predicted molar refractivity (Wildman–Crippen MR) is 65.1 cm³/mol. The van der Waals surface area contributed by atoms with Gasteiger partial charge < -0.3 is 15.2 Å². The number of phenolic OH excluding ortho intramolecular Hbond substituents is 1. The molecule has 0 bridgehead atoms. The lowest BCUT2D eigenvalue weighted by Crippen LogP contribution is -2.24. The molecule has 5 heteroatoms. The minimum atomic E-state index is -0.360. The Kier molecular flexibility index (Phi) is 4.37. The Morgan fingerprint density at radius 3 is 2.81 bits per heavy atom. The smallest absolute Gasteiger partial charge is 0.255 e. The van der Waals surface area contributed by atoms with Gasteiger partial charge in [-0.3, -0.25) is 4.79 Å². The molecule has 4 nitrogen and oxygen atoms in total. The first kappa shape index (κ1) is 12.6. The third-order valence-electron chi connectivity index (χ3n) is 1.89. The molecule has 0 radical (unpaired) electrons. The second kappa shape index (κ2) is 5.55. The molecule has 1 aromatic rings. The van der Waals surface area contributed by atoms with Gasteiger partial charge in [-0.15, -0.1) is 0 Å². The number of hydrogen-bond acceptors (Lipinski definition) is 3. The van der Waals surface area contributed by atoms with Crippen molar-refractivity contribution in [3.8, 4) is 11.5 Å². The van der Waals surface area contributed by atoms with Gasteiger partial charge in [-0.2, -0.15) is 0 Å². The molecular formula is C11H12BrNO3. The van der Waals surface area contributed by atoms with Gasteiger partial charge in [0.25, 0.3) is 5.91 Å². The Bertz CT molecular complexity index is 418. The van der Waals surface area contributed by atoms with E-state index < -0.39 is 0 Å². The standard InChI is InChI=1S/C11H12BrNO3/c1-7(12)6-13-11(15)9-4-3-8(16-2)5-10(9)14/h3-5,14H,1,6H2,2H3,(H,13,15). The SMILES string of the molecule is C=C(Br)CNC(=O)c1ccc(OC)cc1O. The molecule has 0 heterocycles. The first-order valence-corrected chi connectivity index (χ1v) is 5.32. The van der Waals surface area contributed by atoms with Crippen molar-refractivity contribution in [1.29, 1.82) is 0 Å². The Balaban J connectivity index is 2.79. The zero-order chi connectivity index (χ0) is 12.1. The highest BCUT2D eigenvalue weighted by Gasteiger charge is 2.11. The highest BCUT2D eigenvalue weighted by atomic mass is 79.9. The van der Waals surface area contributed by atoms with Gasteiger partial charge in [0, 0.05) is 17.1 Å². The summed E-state index contributed by atoms with van der Waals surface area (Å²) in [5.74, 6) is 0.0248. The molecule has 0 aliphatic heterocycles. The predicted octanol–water partition coefficient (Wildman–Crippen LogP) is 2.04. The van der Waals surface area contributed by atoms with Crippen molar-refractivity contribution in [2.45, 2.75) is 0 Å². The maximum absolute atomic E-state index is 11.6. The monoisotopic (exact) mass is 285 g/mol. The third kappa shape index (κ3) is 3.27. The van der Waals surface area contributed by atoms with Gasteiger partial charge in [-0.25, -0.2) is 0 Å². The third-order valence-corrected chi connectivity index (χ3v) is 2.17. The summed E-state index contributed by atoms with van der Waals surface area (Å²) >= 11 is 3.13. The van der Waals surface area contributed by atoms with Crippen LogP contribution in [0.3, 0.4) is 0 Å². The van der Waals surface area contributed by atoms with Gasteiger partial charge in [0.15, 0.2) is 0 Å². The van der Waals surface area contributed by atoms with E-state index in [1.54, 1.807) is 6.07 Å². The maximum Gasteiger partial charge on any atom is 0.255 e. The molecule has 2 N–H and O–H groups in total. The van der Waals surface area contributed by atoms with Crippen molar-refractivity contribution in [1.82, 2.24) is 5.32 Å². The number of hydrogen-bond donors (Lipinski definition) is 2. The van der Waals surface area contributed by atoms with Gasteiger partial charge in [0.05, 0.1) is 12.7 Å². The van der Waals surface area contributed by atoms with Crippen LogP contribution in [-0.2, 0) is 0 Å². The Morgan fingerprint density at radius 2 is 2.31 bits per heavy atom. The molecule has 1 amide bonds. The summed E-state index contributed by atoms with van der Waals surface area (Å²) in [6, 6.07) is 4.50. The van der Waals surface area contributed by atoms with Gasteiger partial charge >= 0.3 is 0 Å². The number of aromatic hydroxyl groups is 1. The summed E-state index contributed by atoms with van der Waals surface area (Å²) in [5, 5.41) is 12.2. The highest BCUT2D eigenvalue weighted by Crippen LogP contribution is 2.23. The second-order valence-electron chi connectivity index (χ2n) is 3.08. The Hall–Kier alpha value is -1.49. The van der Waals surface area contributed by atoms with Crippen LogP contribution >= 0.6 is 15.9 Å². The average molecular weight is 286 g/mol. The zero-order valence-electron chi connectivity index (χ0n) is 8.79. The Morgan fingerprint density at radius 1 is 1.62 bits per heavy atom. The van der Waals surface area contributed by atoms with Gasteiger partial charge in [-0.1, -0.05) is 22.5 Å². The first-order chi connectivity index (χ1) is 7.54. The molecule has 0 atom stereocenters. The molecule has 0 spiro atoms. The van der Waals surface area contributed by atoms with E-state index in [1.807, 2.05) is 0 Å². The van der Waals surface area contributed by atoms with Crippen LogP contribution in [0.5, 0.6) is 11.5 Å². The molecule has 0 unspecified atom stereocenters. The molecule has 1 aromatic carbocycles. The number of nitrogens with one attached hydrogen (secondary N) is 1. The van der Waals surface area contributed by atoms with E-state index in [1.165, 1.54) is 19.2 Å². The van der Waals surface area contributed by atoms with Crippen LogP contribution in [0.25, 0.3) is 0 Å². The molecule has 0 saturated carbocycles. The Labute approximate surface area is 102 Å². The lowest BCUT2D eigenvalue weighted by molar-refractivity contribution is 0.0955. The number of methoxy groups -OCH3 is 1. The van der Waals surface area contributed by atoms with Gasteiger partial charge in [-0.05, 0) is 12.1 Å². The number of ether oxygens (including phenoxy) is 1. The van der Waals surface area contributed by atoms with E-state index in [9.17, 15) is 9.90 Å². The van der Waals surface area contributed by atoms with Crippen molar-refractivity contribution in [3.05, 3.63) is 34.8 Å². The van der Waals surface area contributed by atoms with E-state index in [2.05, 4.69) is 27.8 Å². The summed E-state index contributed by atoms with van der Waals surface area (Å²) in [7, 11) is 1.49. The van der Waals surface area contributed by atoms with Crippen molar-refractivity contribution in [3.63, 3.8) is 0 Å². The molecule has 16 heavy (non-hydrogen) atoms. The number of amides is 1. The summed E-state index contributed by atoms with van der Waals surface area (Å²) in [4.78, 5) is 11.6. The van der Waals surface area contributed by atoms with E-state index in [0.717, 1.165) is 0 Å².